The van der Waals surface area contributed by atoms with Gasteiger partial charge in [0, 0.05) is 17.2 Å². The summed E-state index contributed by atoms with van der Waals surface area (Å²) < 4.78 is 0. The summed E-state index contributed by atoms with van der Waals surface area (Å²) in [5.41, 5.74) is 1.15. The first-order valence-corrected chi connectivity index (χ1v) is 8.38. The van der Waals surface area contributed by atoms with Gasteiger partial charge in [0.05, 0.1) is 16.4 Å². The van der Waals surface area contributed by atoms with Crippen molar-refractivity contribution in [2.75, 3.05) is 0 Å². The van der Waals surface area contributed by atoms with Gasteiger partial charge in [-0.15, -0.1) is 0 Å². The SMILES string of the molecule is O=C1S/C(=C/c2cccc(Cl)c2)C(=O)N1Cc1cccc([N+](=O)[O-])c1. The number of carbonyl (C=O) groups is 2. The molecule has 2 aromatic carbocycles. The molecule has 25 heavy (non-hydrogen) atoms. The molecule has 2 aromatic rings. The predicted octanol–water partition coefficient (Wildman–Crippen LogP) is 4.48. The third kappa shape index (κ3) is 3.89. The number of carbonyl (C=O) groups excluding carboxylic acids is 2. The van der Waals surface area contributed by atoms with Crippen LogP contribution in [0.5, 0.6) is 0 Å². The van der Waals surface area contributed by atoms with E-state index in [9.17, 15) is 19.7 Å². The summed E-state index contributed by atoms with van der Waals surface area (Å²) in [5.74, 6) is -0.429. The van der Waals surface area contributed by atoms with Crippen molar-refractivity contribution in [3.8, 4) is 0 Å². The predicted molar refractivity (Wildman–Crippen MR) is 96.1 cm³/mol. The molecule has 1 heterocycles. The van der Waals surface area contributed by atoms with Crippen molar-refractivity contribution in [3.05, 3.63) is 79.7 Å². The van der Waals surface area contributed by atoms with Crippen molar-refractivity contribution in [1.29, 1.82) is 0 Å². The van der Waals surface area contributed by atoms with E-state index in [0.717, 1.165) is 16.7 Å². The van der Waals surface area contributed by atoms with Crippen molar-refractivity contribution in [2.24, 2.45) is 0 Å². The number of hydrogen-bond donors (Lipinski definition) is 0. The van der Waals surface area contributed by atoms with E-state index in [2.05, 4.69) is 0 Å². The number of nitrogens with zero attached hydrogens (tertiary/aromatic N) is 2. The molecular weight excluding hydrogens is 364 g/mol. The van der Waals surface area contributed by atoms with Crippen molar-refractivity contribution in [2.45, 2.75) is 6.54 Å². The number of rotatable bonds is 4. The van der Waals surface area contributed by atoms with E-state index in [1.807, 2.05) is 0 Å². The van der Waals surface area contributed by atoms with E-state index >= 15 is 0 Å². The summed E-state index contributed by atoms with van der Waals surface area (Å²) in [6.45, 7) is -0.0147. The van der Waals surface area contributed by atoms with Gasteiger partial charge in [0.25, 0.3) is 16.8 Å². The van der Waals surface area contributed by atoms with E-state index in [1.54, 1.807) is 36.4 Å². The number of amides is 2. The Hall–Kier alpha value is -2.64. The minimum atomic E-state index is -0.518. The second-order valence-corrected chi connectivity index (χ2v) is 6.68. The highest BCUT2D eigenvalue weighted by Gasteiger charge is 2.35. The number of hydrogen-bond acceptors (Lipinski definition) is 5. The molecular formula is C17H11ClN2O4S. The minimum absolute atomic E-state index is 0.0147. The maximum absolute atomic E-state index is 12.5. The summed E-state index contributed by atoms with van der Waals surface area (Å²) in [6, 6.07) is 12.8. The number of nitro groups is 1. The van der Waals surface area contributed by atoms with Crippen molar-refractivity contribution < 1.29 is 14.5 Å². The van der Waals surface area contributed by atoms with Crippen LogP contribution in [0.2, 0.25) is 5.02 Å². The average molecular weight is 375 g/mol. The van der Waals surface area contributed by atoms with Crippen LogP contribution in [-0.4, -0.2) is 21.0 Å². The van der Waals surface area contributed by atoms with Crippen molar-refractivity contribution in [1.82, 2.24) is 4.90 Å². The molecule has 0 aliphatic carbocycles. The third-order valence-corrected chi connectivity index (χ3v) is 4.62. The van der Waals surface area contributed by atoms with Gasteiger partial charge in [0.1, 0.15) is 0 Å². The van der Waals surface area contributed by atoms with E-state index < -0.39 is 16.1 Å². The Labute approximate surface area is 152 Å². The maximum atomic E-state index is 12.5. The second-order valence-electron chi connectivity index (χ2n) is 5.25. The lowest BCUT2D eigenvalue weighted by Gasteiger charge is -2.12. The molecule has 1 aliphatic heterocycles. The van der Waals surface area contributed by atoms with Gasteiger partial charge in [0.15, 0.2) is 0 Å². The van der Waals surface area contributed by atoms with Gasteiger partial charge in [-0.2, -0.15) is 0 Å². The lowest BCUT2D eigenvalue weighted by atomic mass is 10.2. The smallest absolute Gasteiger partial charge is 0.268 e. The summed E-state index contributed by atoms with van der Waals surface area (Å²) in [5, 5.41) is 11.0. The molecule has 1 fully saturated rings. The molecule has 0 spiro atoms. The molecule has 0 bridgehead atoms. The Balaban J connectivity index is 1.82. The first-order chi connectivity index (χ1) is 11.9. The van der Waals surface area contributed by atoms with E-state index in [1.165, 1.54) is 18.2 Å². The highest BCUT2D eigenvalue weighted by atomic mass is 35.5. The number of non-ortho nitro benzene ring substituents is 1. The Morgan fingerprint density at radius 3 is 2.64 bits per heavy atom. The zero-order valence-corrected chi connectivity index (χ0v) is 14.3. The van der Waals surface area contributed by atoms with Crippen LogP contribution in [0.4, 0.5) is 10.5 Å². The van der Waals surface area contributed by atoms with Crippen molar-refractivity contribution >= 4 is 46.3 Å². The summed E-state index contributed by atoms with van der Waals surface area (Å²) in [4.78, 5) is 36.3. The van der Waals surface area contributed by atoms with Gasteiger partial charge in [-0.1, -0.05) is 35.9 Å². The van der Waals surface area contributed by atoms with Gasteiger partial charge in [0.2, 0.25) is 0 Å². The Bertz CT molecular complexity index is 913. The fourth-order valence-corrected chi connectivity index (χ4v) is 3.37. The fraction of sp³-hybridized carbons (Fsp3) is 0.0588. The molecule has 3 rings (SSSR count). The van der Waals surface area contributed by atoms with Crippen LogP contribution in [-0.2, 0) is 11.3 Å². The molecule has 1 saturated heterocycles. The molecule has 0 radical (unpaired) electrons. The topological polar surface area (TPSA) is 80.5 Å². The summed E-state index contributed by atoms with van der Waals surface area (Å²) in [7, 11) is 0. The quantitative estimate of drug-likeness (QED) is 0.447. The second kappa shape index (κ2) is 7.08. The van der Waals surface area contributed by atoms with E-state index in [-0.39, 0.29) is 17.1 Å². The van der Waals surface area contributed by atoms with Crippen LogP contribution in [0.25, 0.3) is 6.08 Å². The molecule has 0 atom stereocenters. The normalized spacial score (nSPS) is 15.9. The molecule has 0 saturated carbocycles. The van der Waals surface area contributed by atoms with Gasteiger partial charge in [-0.05, 0) is 41.1 Å². The summed E-state index contributed by atoms with van der Waals surface area (Å²) in [6.07, 6.45) is 1.60. The Morgan fingerprint density at radius 2 is 1.92 bits per heavy atom. The van der Waals surface area contributed by atoms with Crippen LogP contribution in [0.3, 0.4) is 0 Å². The molecule has 0 unspecified atom stereocenters. The first kappa shape index (κ1) is 17.2. The van der Waals surface area contributed by atoms with Gasteiger partial charge in [-0.3, -0.25) is 24.6 Å². The van der Waals surface area contributed by atoms with Gasteiger partial charge in [-0.25, -0.2) is 0 Å². The largest absolute Gasteiger partial charge is 0.293 e. The van der Waals surface area contributed by atoms with Crippen LogP contribution < -0.4 is 0 Å². The third-order valence-electron chi connectivity index (χ3n) is 3.48. The standard InChI is InChI=1S/C17H11ClN2O4S/c18-13-5-1-3-11(7-13)9-15-16(21)19(17(22)25-15)10-12-4-2-6-14(8-12)20(23)24/h1-9H,10H2/b15-9+. The number of halogens is 1. The molecule has 6 nitrogen and oxygen atoms in total. The van der Waals surface area contributed by atoms with E-state index in [4.69, 9.17) is 11.6 Å². The van der Waals surface area contributed by atoms with Crippen LogP contribution in [0.1, 0.15) is 11.1 Å². The lowest BCUT2D eigenvalue weighted by molar-refractivity contribution is -0.384. The zero-order valence-electron chi connectivity index (χ0n) is 12.7. The monoisotopic (exact) mass is 374 g/mol. The zero-order chi connectivity index (χ0) is 18.0. The van der Waals surface area contributed by atoms with Crippen LogP contribution in [0, 0.1) is 10.1 Å². The molecule has 0 aromatic heterocycles. The Kier molecular flexibility index (Phi) is 4.87. The lowest BCUT2D eigenvalue weighted by Crippen LogP contribution is -2.27. The molecule has 1 aliphatic rings. The number of thioether (sulfide) groups is 1. The van der Waals surface area contributed by atoms with Crippen molar-refractivity contribution in [3.63, 3.8) is 0 Å². The number of benzene rings is 2. The maximum Gasteiger partial charge on any atom is 0.293 e. The van der Waals surface area contributed by atoms with Gasteiger partial charge < -0.3 is 0 Å². The van der Waals surface area contributed by atoms with Crippen LogP contribution in [0.15, 0.2) is 53.4 Å². The average Bonchev–Trinajstić information content (AvgIpc) is 2.83. The van der Waals surface area contributed by atoms with Gasteiger partial charge >= 0.3 is 0 Å². The molecule has 2 amide bonds. The number of nitro benzene ring substituents is 1. The highest BCUT2D eigenvalue weighted by molar-refractivity contribution is 8.18. The molecule has 0 N–H and O–H groups in total. The Morgan fingerprint density at radius 1 is 1.16 bits per heavy atom. The molecule has 8 heteroatoms. The number of imide groups is 1. The fourth-order valence-electron chi connectivity index (χ4n) is 2.33. The summed E-state index contributed by atoms with van der Waals surface area (Å²) >= 11 is 6.75. The minimum Gasteiger partial charge on any atom is -0.268 e. The van der Waals surface area contributed by atoms with Crippen LogP contribution >= 0.6 is 23.4 Å². The van der Waals surface area contributed by atoms with E-state index in [0.29, 0.717) is 16.1 Å². The highest BCUT2D eigenvalue weighted by Crippen LogP contribution is 2.33. The first-order valence-electron chi connectivity index (χ1n) is 7.18. The molecule has 126 valence electrons.